The van der Waals surface area contributed by atoms with E-state index in [1.54, 1.807) is 29.9 Å². The Morgan fingerprint density at radius 1 is 1.32 bits per heavy atom. The number of nitrogens with one attached hydrogen (secondary N) is 1. The molecule has 2 aliphatic rings. The number of amides is 1. The Labute approximate surface area is 151 Å². The van der Waals surface area contributed by atoms with Gasteiger partial charge in [0.2, 0.25) is 5.91 Å². The zero-order valence-electron chi connectivity index (χ0n) is 14.6. The molecule has 3 atom stereocenters. The monoisotopic (exact) mass is 357 g/mol. The summed E-state index contributed by atoms with van der Waals surface area (Å²) in [6.07, 6.45) is 7.95. The summed E-state index contributed by atoms with van der Waals surface area (Å²) in [5.41, 5.74) is 0.998. The summed E-state index contributed by atoms with van der Waals surface area (Å²) in [5, 5.41) is 4.55. The van der Waals surface area contributed by atoms with Gasteiger partial charge in [-0.1, -0.05) is 0 Å². The Bertz CT molecular complexity index is 762. The Kier molecular flexibility index (Phi) is 4.41. The molecule has 132 valence electrons. The summed E-state index contributed by atoms with van der Waals surface area (Å²) in [4.78, 5) is 28.8. The number of thiazole rings is 1. The standard InChI is InChI=1S/C18H23N5OS/c1-11-16(25-12(2)21-11)7-18(24)23-9-13-3-4-15(14(13)10-23)22-17-8-19-5-6-20-17/h5-6,8,13-15H,3-4,7,9-10H2,1-2H3,(H,20,22)/t13-,14+,15-/m1/s1. The largest absolute Gasteiger partial charge is 0.366 e. The molecule has 2 aromatic rings. The summed E-state index contributed by atoms with van der Waals surface area (Å²) in [6, 6.07) is 0.381. The van der Waals surface area contributed by atoms with Crippen LogP contribution in [0.4, 0.5) is 5.82 Å². The normalized spacial score (nSPS) is 25.2. The number of carbonyl (C=O) groups is 1. The maximum absolute atomic E-state index is 12.7. The number of fused-ring (bicyclic) bond motifs is 1. The van der Waals surface area contributed by atoms with Gasteiger partial charge in [0.15, 0.2) is 0 Å². The molecule has 0 aromatic carbocycles. The molecule has 1 saturated carbocycles. The molecule has 0 bridgehead atoms. The first kappa shape index (κ1) is 16.4. The third-order valence-electron chi connectivity index (χ3n) is 5.42. The van der Waals surface area contributed by atoms with Crippen LogP contribution in [0.3, 0.4) is 0 Å². The predicted octanol–water partition coefficient (Wildman–Crippen LogP) is 2.44. The Hall–Kier alpha value is -2.02. The summed E-state index contributed by atoms with van der Waals surface area (Å²) in [7, 11) is 0. The van der Waals surface area contributed by atoms with Gasteiger partial charge < -0.3 is 10.2 Å². The van der Waals surface area contributed by atoms with Gasteiger partial charge in [-0.3, -0.25) is 9.78 Å². The van der Waals surface area contributed by atoms with E-state index in [9.17, 15) is 4.79 Å². The van der Waals surface area contributed by atoms with E-state index in [2.05, 4.69) is 20.3 Å². The van der Waals surface area contributed by atoms with Gasteiger partial charge in [0.1, 0.15) is 5.82 Å². The molecular weight excluding hydrogens is 334 g/mol. The van der Waals surface area contributed by atoms with E-state index >= 15 is 0 Å². The molecule has 6 nitrogen and oxygen atoms in total. The molecule has 4 rings (SSSR count). The molecule has 1 aliphatic carbocycles. The number of aromatic nitrogens is 3. The summed E-state index contributed by atoms with van der Waals surface area (Å²) >= 11 is 1.64. The van der Waals surface area contributed by atoms with Crippen molar-refractivity contribution >= 4 is 23.1 Å². The van der Waals surface area contributed by atoms with Gasteiger partial charge in [-0.2, -0.15) is 0 Å². The van der Waals surface area contributed by atoms with Crippen LogP contribution in [0.1, 0.15) is 28.4 Å². The Morgan fingerprint density at radius 2 is 2.20 bits per heavy atom. The van der Waals surface area contributed by atoms with Crippen LogP contribution in [0.25, 0.3) is 0 Å². The van der Waals surface area contributed by atoms with E-state index in [0.29, 0.717) is 24.3 Å². The molecule has 25 heavy (non-hydrogen) atoms. The van der Waals surface area contributed by atoms with E-state index in [4.69, 9.17) is 0 Å². The SMILES string of the molecule is Cc1nc(C)c(CC(=O)N2C[C@H]3CC[C@@H](Nc4cnccn4)[C@H]3C2)s1. The van der Waals surface area contributed by atoms with Gasteiger partial charge in [0.05, 0.1) is 23.3 Å². The van der Waals surface area contributed by atoms with Crippen molar-refractivity contribution in [3.05, 3.63) is 34.2 Å². The molecule has 0 radical (unpaired) electrons. The molecular formula is C18H23N5OS. The number of rotatable bonds is 4. The summed E-state index contributed by atoms with van der Waals surface area (Å²) in [6.45, 7) is 5.72. The van der Waals surface area contributed by atoms with E-state index in [1.807, 2.05) is 18.7 Å². The molecule has 7 heteroatoms. The highest BCUT2D eigenvalue weighted by molar-refractivity contribution is 7.11. The van der Waals surface area contributed by atoms with Crippen molar-refractivity contribution in [1.82, 2.24) is 19.9 Å². The number of likely N-dealkylation sites (tertiary alicyclic amines) is 1. The first-order valence-electron chi connectivity index (χ1n) is 8.83. The quantitative estimate of drug-likeness (QED) is 0.910. The average Bonchev–Trinajstić information content (AvgIpc) is 3.25. The predicted molar refractivity (Wildman–Crippen MR) is 97.5 cm³/mol. The van der Waals surface area contributed by atoms with Gasteiger partial charge in [-0.05, 0) is 32.6 Å². The maximum atomic E-state index is 12.7. The Morgan fingerprint density at radius 3 is 2.92 bits per heavy atom. The molecule has 2 fully saturated rings. The van der Waals surface area contributed by atoms with E-state index in [-0.39, 0.29) is 5.91 Å². The average molecular weight is 357 g/mol. The van der Waals surface area contributed by atoms with Crippen LogP contribution in [0, 0.1) is 25.7 Å². The fourth-order valence-corrected chi connectivity index (χ4v) is 5.13. The lowest BCUT2D eigenvalue weighted by Gasteiger charge is -2.22. The highest BCUT2D eigenvalue weighted by atomic mass is 32.1. The number of hydrogen-bond acceptors (Lipinski definition) is 6. The smallest absolute Gasteiger partial charge is 0.227 e. The van der Waals surface area contributed by atoms with Crippen LogP contribution in [0.15, 0.2) is 18.6 Å². The minimum Gasteiger partial charge on any atom is -0.366 e. The van der Waals surface area contributed by atoms with Crippen molar-refractivity contribution in [1.29, 1.82) is 0 Å². The zero-order valence-corrected chi connectivity index (χ0v) is 15.4. The lowest BCUT2D eigenvalue weighted by molar-refractivity contribution is -0.129. The van der Waals surface area contributed by atoms with Crippen molar-refractivity contribution in [3.8, 4) is 0 Å². The molecule has 0 unspecified atom stereocenters. The third-order valence-corrected chi connectivity index (χ3v) is 6.49. The third kappa shape index (κ3) is 3.38. The topological polar surface area (TPSA) is 71.0 Å². The number of anilines is 1. The highest BCUT2D eigenvalue weighted by Gasteiger charge is 2.44. The van der Waals surface area contributed by atoms with E-state index in [1.165, 1.54) is 6.42 Å². The van der Waals surface area contributed by atoms with Crippen molar-refractivity contribution < 1.29 is 4.79 Å². The second kappa shape index (κ2) is 6.71. The van der Waals surface area contributed by atoms with Crippen LogP contribution < -0.4 is 5.32 Å². The molecule has 3 heterocycles. The number of aryl methyl sites for hydroxylation is 2. The second-order valence-electron chi connectivity index (χ2n) is 7.06. The van der Waals surface area contributed by atoms with Crippen LogP contribution in [0.5, 0.6) is 0 Å². The number of carbonyl (C=O) groups excluding carboxylic acids is 1. The zero-order chi connectivity index (χ0) is 17.4. The van der Waals surface area contributed by atoms with Crippen LogP contribution in [0.2, 0.25) is 0 Å². The van der Waals surface area contributed by atoms with Crippen molar-refractivity contribution in [3.63, 3.8) is 0 Å². The molecule has 2 aromatic heterocycles. The van der Waals surface area contributed by atoms with Gasteiger partial charge in [0.25, 0.3) is 0 Å². The first-order chi connectivity index (χ1) is 12.1. The van der Waals surface area contributed by atoms with Crippen LogP contribution in [-0.4, -0.2) is 44.9 Å². The molecule has 0 spiro atoms. The van der Waals surface area contributed by atoms with Crippen molar-refractivity contribution in [2.24, 2.45) is 11.8 Å². The van der Waals surface area contributed by atoms with Gasteiger partial charge >= 0.3 is 0 Å². The van der Waals surface area contributed by atoms with Crippen LogP contribution in [-0.2, 0) is 11.2 Å². The summed E-state index contributed by atoms with van der Waals surface area (Å²) < 4.78 is 0. The minimum absolute atomic E-state index is 0.236. The van der Waals surface area contributed by atoms with E-state index in [0.717, 1.165) is 40.9 Å². The highest BCUT2D eigenvalue weighted by Crippen LogP contribution is 2.39. The summed E-state index contributed by atoms with van der Waals surface area (Å²) in [5.74, 6) is 2.17. The number of nitrogens with zero attached hydrogens (tertiary/aromatic N) is 4. The first-order valence-corrected chi connectivity index (χ1v) is 9.65. The Balaban J connectivity index is 1.39. The fourth-order valence-electron chi connectivity index (χ4n) is 4.20. The van der Waals surface area contributed by atoms with E-state index < -0.39 is 0 Å². The van der Waals surface area contributed by atoms with Gasteiger partial charge in [0, 0.05) is 42.3 Å². The van der Waals surface area contributed by atoms with Crippen molar-refractivity contribution in [2.75, 3.05) is 18.4 Å². The fraction of sp³-hybridized carbons (Fsp3) is 0.556. The lowest BCUT2D eigenvalue weighted by atomic mass is 9.98. The second-order valence-corrected chi connectivity index (χ2v) is 8.35. The maximum Gasteiger partial charge on any atom is 0.227 e. The molecule has 1 aliphatic heterocycles. The van der Waals surface area contributed by atoms with Crippen molar-refractivity contribution in [2.45, 2.75) is 39.2 Å². The molecule has 1 saturated heterocycles. The molecule has 1 N–H and O–H groups in total. The van der Waals surface area contributed by atoms with Gasteiger partial charge in [-0.15, -0.1) is 11.3 Å². The lowest BCUT2D eigenvalue weighted by Crippen LogP contribution is -2.34. The number of hydrogen-bond donors (Lipinski definition) is 1. The molecule has 1 amide bonds. The minimum atomic E-state index is 0.236. The van der Waals surface area contributed by atoms with Gasteiger partial charge in [-0.25, -0.2) is 9.97 Å². The van der Waals surface area contributed by atoms with Crippen LogP contribution >= 0.6 is 11.3 Å².